The van der Waals surface area contributed by atoms with Gasteiger partial charge in [0.25, 0.3) is 5.69 Å². The predicted octanol–water partition coefficient (Wildman–Crippen LogP) is 2.97. The normalized spacial score (nSPS) is 10.5. The standard InChI is InChI=1S/C13H18FNO4/c1-10-8-13(11(14)9-12(10)15(17)18)19-7-5-3-2-4-6-16/h8-9,16H,2-7H2,1H3. The van der Waals surface area contributed by atoms with E-state index in [2.05, 4.69) is 0 Å². The molecule has 5 nitrogen and oxygen atoms in total. The van der Waals surface area contributed by atoms with Crippen LogP contribution in [0.5, 0.6) is 5.75 Å². The molecule has 0 fully saturated rings. The summed E-state index contributed by atoms with van der Waals surface area (Å²) in [6.07, 6.45) is 3.32. The number of nitro groups is 1. The topological polar surface area (TPSA) is 72.6 Å². The first kappa shape index (κ1) is 15.4. The van der Waals surface area contributed by atoms with Gasteiger partial charge in [0.2, 0.25) is 0 Å². The van der Waals surface area contributed by atoms with Crippen LogP contribution in [0, 0.1) is 22.9 Å². The molecule has 106 valence electrons. The Morgan fingerprint density at radius 1 is 1.32 bits per heavy atom. The minimum Gasteiger partial charge on any atom is -0.491 e. The Hall–Kier alpha value is -1.69. The lowest BCUT2D eigenvalue weighted by molar-refractivity contribution is -0.385. The first-order chi connectivity index (χ1) is 9.06. The van der Waals surface area contributed by atoms with Crippen molar-refractivity contribution in [3.8, 4) is 5.75 Å². The monoisotopic (exact) mass is 271 g/mol. The highest BCUT2D eigenvalue weighted by Crippen LogP contribution is 2.27. The van der Waals surface area contributed by atoms with Crippen LogP contribution in [0.4, 0.5) is 10.1 Å². The zero-order chi connectivity index (χ0) is 14.3. The van der Waals surface area contributed by atoms with Crippen molar-refractivity contribution in [2.45, 2.75) is 32.6 Å². The fourth-order valence-corrected chi connectivity index (χ4v) is 1.70. The van der Waals surface area contributed by atoms with Gasteiger partial charge in [-0.25, -0.2) is 4.39 Å². The van der Waals surface area contributed by atoms with E-state index < -0.39 is 10.7 Å². The molecule has 6 heteroatoms. The maximum atomic E-state index is 13.6. The van der Waals surface area contributed by atoms with E-state index in [1.54, 1.807) is 6.92 Å². The van der Waals surface area contributed by atoms with Gasteiger partial charge in [0.15, 0.2) is 11.6 Å². The van der Waals surface area contributed by atoms with E-state index in [-0.39, 0.29) is 18.0 Å². The lowest BCUT2D eigenvalue weighted by Crippen LogP contribution is -2.01. The van der Waals surface area contributed by atoms with Crippen molar-refractivity contribution in [2.75, 3.05) is 13.2 Å². The summed E-state index contributed by atoms with van der Waals surface area (Å²) in [7, 11) is 0. The molecule has 0 saturated carbocycles. The Morgan fingerprint density at radius 2 is 2.00 bits per heavy atom. The Balaban J connectivity index is 2.50. The fraction of sp³-hybridized carbons (Fsp3) is 0.538. The number of aryl methyl sites for hydroxylation is 1. The van der Waals surface area contributed by atoms with Crippen LogP contribution in [-0.2, 0) is 0 Å². The number of hydrogen-bond acceptors (Lipinski definition) is 4. The summed E-state index contributed by atoms with van der Waals surface area (Å²) in [5, 5.41) is 19.2. The number of ether oxygens (including phenoxy) is 1. The number of aliphatic hydroxyl groups excluding tert-OH is 1. The second kappa shape index (κ2) is 7.68. The number of hydrogen-bond donors (Lipinski definition) is 1. The van der Waals surface area contributed by atoms with Crippen LogP contribution in [-0.4, -0.2) is 23.2 Å². The van der Waals surface area contributed by atoms with Gasteiger partial charge in [-0.15, -0.1) is 0 Å². The molecule has 1 aromatic rings. The van der Waals surface area contributed by atoms with Gasteiger partial charge < -0.3 is 9.84 Å². The highest BCUT2D eigenvalue weighted by Gasteiger charge is 2.16. The largest absolute Gasteiger partial charge is 0.491 e. The van der Waals surface area contributed by atoms with Crippen molar-refractivity contribution < 1.29 is 19.2 Å². The zero-order valence-corrected chi connectivity index (χ0v) is 10.9. The Morgan fingerprint density at radius 3 is 2.63 bits per heavy atom. The molecular formula is C13H18FNO4. The smallest absolute Gasteiger partial charge is 0.275 e. The summed E-state index contributed by atoms with van der Waals surface area (Å²) < 4.78 is 18.8. The summed E-state index contributed by atoms with van der Waals surface area (Å²) in [4.78, 5) is 10.0. The molecule has 0 saturated heterocycles. The van der Waals surface area contributed by atoms with E-state index in [9.17, 15) is 14.5 Å². The second-order valence-corrected chi connectivity index (χ2v) is 4.31. The summed E-state index contributed by atoms with van der Waals surface area (Å²) in [5.74, 6) is -0.669. The van der Waals surface area contributed by atoms with Crippen molar-refractivity contribution in [1.29, 1.82) is 0 Å². The van der Waals surface area contributed by atoms with E-state index >= 15 is 0 Å². The zero-order valence-electron chi connectivity index (χ0n) is 10.9. The molecule has 0 aromatic heterocycles. The third-order valence-corrected chi connectivity index (χ3v) is 2.76. The van der Waals surface area contributed by atoms with Crippen molar-refractivity contribution >= 4 is 5.69 Å². The fourth-order valence-electron chi connectivity index (χ4n) is 1.70. The van der Waals surface area contributed by atoms with Gasteiger partial charge in [-0.05, 0) is 32.3 Å². The van der Waals surface area contributed by atoms with Gasteiger partial charge in [-0.2, -0.15) is 0 Å². The minimum atomic E-state index is -0.715. The summed E-state index contributed by atoms with van der Waals surface area (Å²) in [6, 6.07) is 2.23. The number of nitrogens with zero attached hydrogens (tertiary/aromatic N) is 1. The van der Waals surface area contributed by atoms with Crippen molar-refractivity contribution in [1.82, 2.24) is 0 Å². The van der Waals surface area contributed by atoms with Gasteiger partial charge in [-0.3, -0.25) is 10.1 Å². The lowest BCUT2D eigenvalue weighted by Gasteiger charge is -2.08. The predicted molar refractivity (Wildman–Crippen MR) is 68.8 cm³/mol. The molecule has 1 rings (SSSR count). The molecule has 0 atom stereocenters. The summed E-state index contributed by atoms with van der Waals surface area (Å²) in [5.41, 5.74) is 0.134. The molecule has 0 bridgehead atoms. The molecule has 1 aromatic carbocycles. The summed E-state index contributed by atoms with van der Waals surface area (Å²) >= 11 is 0. The Bertz CT molecular complexity index is 437. The van der Waals surface area contributed by atoms with E-state index in [0.29, 0.717) is 12.2 Å². The van der Waals surface area contributed by atoms with Crippen LogP contribution in [0.3, 0.4) is 0 Å². The van der Waals surface area contributed by atoms with Crippen molar-refractivity contribution in [3.63, 3.8) is 0 Å². The van der Waals surface area contributed by atoms with Gasteiger partial charge in [0.1, 0.15) is 0 Å². The molecule has 19 heavy (non-hydrogen) atoms. The number of nitro benzene ring substituents is 1. The number of halogens is 1. The van der Waals surface area contributed by atoms with E-state index in [4.69, 9.17) is 9.84 Å². The van der Waals surface area contributed by atoms with Crippen molar-refractivity contribution in [3.05, 3.63) is 33.6 Å². The molecule has 1 N–H and O–H groups in total. The lowest BCUT2D eigenvalue weighted by atomic mass is 10.2. The highest BCUT2D eigenvalue weighted by atomic mass is 19.1. The van der Waals surface area contributed by atoms with Crippen LogP contribution >= 0.6 is 0 Å². The van der Waals surface area contributed by atoms with Crippen LogP contribution < -0.4 is 4.74 Å². The molecule has 0 aliphatic heterocycles. The maximum Gasteiger partial charge on any atom is 0.275 e. The quantitative estimate of drug-likeness (QED) is 0.448. The molecule has 0 heterocycles. The highest BCUT2D eigenvalue weighted by molar-refractivity contribution is 5.45. The number of rotatable bonds is 8. The van der Waals surface area contributed by atoms with Crippen LogP contribution in [0.25, 0.3) is 0 Å². The number of unbranched alkanes of at least 4 members (excludes halogenated alkanes) is 3. The van der Waals surface area contributed by atoms with Crippen LogP contribution in [0.1, 0.15) is 31.2 Å². The molecule has 0 aliphatic carbocycles. The van der Waals surface area contributed by atoms with Crippen molar-refractivity contribution in [2.24, 2.45) is 0 Å². The summed E-state index contributed by atoms with van der Waals surface area (Å²) in [6.45, 7) is 2.09. The molecular weight excluding hydrogens is 253 g/mol. The maximum absolute atomic E-state index is 13.6. The molecule has 0 amide bonds. The van der Waals surface area contributed by atoms with Crippen LogP contribution in [0.15, 0.2) is 12.1 Å². The third-order valence-electron chi connectivity index (χ3n) is 2.76. The first-order valence-corrected chi connectivity index (χ1v) is 6.24. The van der Waals surface area contributed by atoms with Gasteiger partial charge >= 0.3 is 0 Å². The SMILES string of the molecule is Cc1cc(OCCCCCCO)c(F)cc1[N+](=O)[O-]. The number of aliphatic hydroxyl groups is 1. The minimum absolute atomic E-state index is 0.0465. The number of benzene rings is 1. The third kappa shape index (κ3) is 4.82. The van der Waals surface area contributed by atoms with Gasteiger partial charge in [-0.1, -0.05) is 6.42 Å². The van der Waals surface area contributed by atoms with Gasteiger partial charge in [0.05, 0.1) is 17.6 Å². The molecule has 0 aliphatic rings. The van der Waals surface area contributed by atoms with E-state index in [1.165, 1.54) is 6.07 Å². The molecule has 0 unspecified atom stereocenters. The van der Waals surface area contributed by atoms with Crippen LogP contribution in [0.2, 0.25) is 0 Å². The molecule has 0 radical (unpaired) electrons. The Kier molecular flexibility index (Phi) is 6.21. The average Bonchev–Trinajstić information content (AvgIpc) is 2.36. The second-order valence-electron chi connectivity index (χ2n) is 4.31. The van der Waals surface area contributed by atoms with Gasteiger partial charge in [0, 0.05) is 12.2 Å². The first-order valence-electron chi connectivity index (χ1n) is 6.24. The van der Waals surface area contributed by atoms with E-state index in [0.717, 1.165) is 31.7 Å². The average molecular weight is 271 g/mol. The molecule has 0 spiro atoms. The van der Waals surface area contributed by atoms with E-state index in [1.807, 2.05) is 0 Å². The Labute approximate surface area is 111 Å².